The second-order valence-corrected chi connectivity index (χ2v) is 10.8. The van der Waals surface area contributed by atoms with Crippen molar-refractivity contribution in [1.82, 2.24) is 19.9 Å². The fourth-order valence-electron chi connectivity index (χ4n) is 4.19. The molecule has 0 spiro atoms. The van der Waals surface area contributed by atoms with E-state index in [-0.39, 0.29) is 29.6 Å². The molecule has 3 aromatic rings. The van der Waals surface area contributed by atoms with Crippen LogP contribution in [-0.2, 0) is 29.0 Å². The van der Waals surface area contributed by atoms with Crippen LogP contribution in [0.4, 0.5) is 17.6 Å². The number of carbonyl (C=O) groups excluding carboxylic acids is 1. The van der Waals surface area contributed by atoms with Crippen LogP contribution in [0.1, 0.15) is 57.4 Å². The number of nitrogens with one attached hydrogen (secondary N) is 1. The van der Waals surface area contributed by atoms with Gasteiger partial charge in [-0.15, -0.1) is 0 Å². The van der Waals surface area contributed by atoms with Crippen molar-refractivity contribution < 1.29 is 30.8 Å². The van der Waals surface area contributed by atoms with Crippen LogP contribution in [0.5, 0.6) is 0 Å². The molecule has 7 nitrogen and oxygen atoms in total. The third-order valence-electron chi connectivity index (χ3n) is 6.24. The monoisotopic (exact) mass is 508 g/mol. The maximum Gasteiger partial charge on any atom is 0.417 e. The van der Waals surface area contributed by atoms with E-state index in [4.69, 9.17) is 0 Å². The molecule has 1 unspecified atom stereocenters. The maximum atomic E-state index is 15.3. The summed E-state index contributed by atoms with van der Waals surface area (Å²) in [6, 6.07) is 6.75. The molecule has 0 radical (unpaired) electrons. The molecular weight excluding hydrogens is 488 g/mol. The number of halogens is 4. The van der Waals surface area contributed by atoms with Gasteiger partial charge in [0.1, 0.15) is 5.69 Å². The van der Waals surface area contributed by atoms with Gasteiger partial charge in [-0.25, -0.2) is 17.8 Å². The molecule has 0 saturated heterocycles. The molecule has 1 aliphatic carbocycles. The number of hydrogen-bond donors (Lipinski definition) is 1. The Kier molecular flexibility index (Phi) is 5.65. The Labute approximate surface area is 198 Å². The molecule has 184 valence electrons. The van der Waals surface area contributed by atoms with Crippen LogP contribution in [0.3, 0.4) is 0 Å². The topological polar surface area (TPSA) is 96.0 Å². The highest BCUT2D eigenvalue weighted by molar-refractivity contribution is 7.92. The van der Waals surface area contributed by atoms with Crippen molar-refractivity contribution in [1.29, 1.82) is 0 Å². The number of carbonyl (C=O) groups is 1. The van der Waals surface area contributed by atoms with E-state index in [0.29, 0.717) is 42.1 Å². The van der Waals surface area contributed by atoms with Gasteiger partial charge in [0, 0.05) is 25.5 Å². The van der Waals surface area contributed by atoms with Crippen molar-refractivity contribution in [3.05, 3.63) is 76.4 Å². The number of H-pyrrole nitrogens is 1. The van der Waals surface area contributed by atoms with Crippen molar-refractivity contribution in [2.75, 3.05) is 6.54 Å². The van der Waals surface area contributed by atoms with Crippen LogP contribution in [0, 0.1) is 0 Å². The number of pyridine rings is 1. The molecule has 1 fully saturated rings. The summed E-state index contributed by atoms with van der Waals surface area (Å²) in [5.41, 5.74) is 0.554. The van der Waals surface area contributed by atoms with Gasteiger partial charge in [0.2, 0.25) is 15.0 Å². The lowest BCUT2D eigenvalue weighted by Crippen LogP contribution is -2.36. The van der Waals surface area contributed by atoms with E-state index in [2.05, 4.69) is 15.0 Å². The van der Waals surface area contributed by atoms with Crippen molar-refractivity contribution in [2.45, 2.75) is 48.6 Å². The van der Waals surface area contributed by atoms with Gasteiger partial charge in [-0.1, -0.05) is 18.2 Å². The Morgan fingerprint density at radius 2 is 1.94 bits per heavy atom. The molecule has 3 heterocycles. The van der Waals surface area contributed by atoms with E-state index in [1.807, 2.05) is 0 Å². The molecule has 1 atom stereocenters. The molecule has 1 saturated carbocycles. The Morgan fingerprint density at radius 1 is 1.17 bits per heavy atom. The number of alkyl halides is 4. The molecule has 1 aromatic carbocycles. The van der Waals surface area contributed by atoms with E-state index < -0.39 is 38.9 Å². The first-order chi connectivity index (χ1) is 16.6. The SMILES string of the molecule is O=C(c1c[nH]c(S(=O)(=O)C2CC2)n1)N1CCc2c(cccc2C(F)c2ccc(C(F)(F)F)cn2)C1. The van der Waals surface area contributed by atoms with Gasteiger partial charge in [-0.3, -0.25) is 9.78 Å². The average Bonchev–Trinajstić information content (AvgIpc) is 3.59. The molecule has 35 heavy (non-hydrogen) atoms. The zero-order chi connectivity index (χ0) is 25.0. The molecule has 5 rings (SSSR count). The van der Waals surface area contributed by atoms with Crippen LogP contribution in [0.25, 0.3) is 0 Å². The minimum absolute atomic E-state index is 0.0128. The first-order valence-electron chi connectivity index (χ1n) is 10.9. The van der Waals surface area contributed by atoms with Crippen LogP contribution in [0.15, 0.2) is 47.9 Å². The summed E-state index contributed by atoms with van der Waals surface area (Å²) in [5.74, 6) is -0.448. The van der Waals surface area contributed by atoms with Crippen molar-refractivity contribution >= 4 is 15.7 Å². The minimum atomic E-state index is -4.56. The zero-order valence-electron chi connectivity index (χ0n) is 18.2. The van der Waals surface area contributed by atoms with E-state index in [0.717, 1.165) is 12.1 Å². The highest BCUT2D eigenvalue weighted by atomic mass is 32.2. The lowest BCUT2D eigenvalue weighted by molar-refractivity contribution is -0.137. The molecule has 1 aliphatic heterocycles. The standard InChI is InChI=1S/C23H20F4N4O3S/c24-20(18-7-4-14(10-28-18)23(25,26)27)17-3-1-2-13-12-31(9-8-16(13)17)21(32)19-11-29-22(30-19)35(33,34)15-5-6-15/h1-4,7,10-11,15,20H,5-6,8-9,12H2,(H,29,30). The first-order valence-corrected chi connectivity index (χ1v) is 12.5. The minimum Gasteiger partial charge on any atom is -0.335 e. The number of nitrogens with zero attached hydrogens (tertiary/aromatic N) is 3. The second-order valence-electron chi connectivity index (χ2n) is 8.63. The number of benzene rings is 1. The fraction of sp³-hybridized carbons (Fsp3) is 0.348. The fourth-order valence-corrected chi connectivity index (χ4v) is 5.71. The number of hydrogen-bond acceptors (Lipinski definition) is 5. The third-order valence-corrected chi connectivity index (χ3v) is 8.34. The summed E-state index contributed by atoms with van der Waals surface area (Å²) in [5, 5.41) is -0.669. The van der Waals surface area contributed by atoms with E-state index in [1.165, 1.54) is 11.1 Å². The lowest BCUT2D eigenvalue weighted by Gasteiger charge is -2.30. The summed E-state index contributed by atoms with van der Waals surface area (Å²) in [6.07, 6.45) is -2.93. The quantitative estimate of drug-likeness (QED) is 0.526. The Bertz CT molecular complexity index is 1380. The summed E-state index contributed by atoms with van der Waals surface area (Å²) < 4.78 is 78.3. The van der Waals surface area contributed by atoms with Gasteiger partial charge in [0.05, 0.1) is 16.5 Å². The Hall–Kier alpha value is -3.28. The molecule has 1 amide bonds. The van der Waals surface area contributed by atoms with Gasteiger partial charge in [0.15, 0.2) is 6.17 Å². The normalized spacial score (nSPS) is 17.2. The predicted molar refractivity (Wildman–Crippen MR) is 116 cm³/mol. The van der Waals surface area contributed by atoms with Crippen molar-refractivity contribution in [2.24, 2.45) is 0 Å². The summed E-state index contributed by atoms with van der Waals surface area (Å²) >= 11 is 0. The zero-order valence-corrected chi connectivity index (χ0v) is 19.0. The van der Waals surface area contributed by atoms with Gasteiger partial charge >= 0.3 is 6.18 Å². The largest absolute Gasteiger partial charge is 0.417 e. The second kappa shape index (κ2) is 8.43. The van der Waals surface area contributed by atoms with Crippen LogP contribution in [0.2, 0.25) is 0 Å². The molecule has 1 N–H and O–H groups in total. The number of aromatic nitrogens is 3. The first kappa shape index (κ1) is 23.5. The van der Waals surface area contributed by atoms with E-state index in [1.54, 1.807) is 18.2 Å². The third kappa shape index (κ3) is 4.42. The van der Waals surface area contributed by atoms with Crippen molar-refractivity contribution in [3.63, 3.8) is 0 Å². The molecule has 0 bridgehead atoms. The Morgan fingerprint density at radius 3 is 2.60 bits per heavy atom. The number of aromatic amines is 1. The number of amides is 1. The highest BCUT2D eigenvalue weighted by Gasteiger charge is 2.39. The number of fused-ring (bicyclic) bond motifs is 1. The summed E-state index contributed by atoms with van der Waals surface area (Å²) in [4.78, 5) is 24.7. The van der Waals surface area contributed by atoms with Crippen LogP contribution in [-0.4, -0.2) is 46.0 Å². The van der Waals surface area contributed by atoms with Gasteiger partial charge in [0.25, 0.3) is 5.91 Å². The van der Waals surface area contributed by atoms with Crippen LogP contribution < -0.4 is 0 Å². The van der Waals surface area contributed by atoms with E-state index in [9.17, 15) is 26.4 Å². The smallest absolute Gasteiger partial charge is 0.335 e. The van der Waals surface area contributed by atoms with Crippen LogP contribution >= 0.6 is 0 Å². The molecular formula is C23H20F4N4O3S. The number of imidazole rings is 1. The number of sulfone groups is 1. The molecule has 2 aliphatic rings. The molecule has 2 aromatic heterocycles. The molecule has 12 heteroatoms. The number of rotatable bonds is 5. The lowest BCUT2D eigenvalue weighted by atomic mass is 9.91. The average molecular weight is 508 g/mol. The van der Waals surface area contributed by atoms with E-state index >= 15 is 4.39 Å². The van der Waals surface area contributed by atoms with Crippen molar-refractivity contribution in [3.8, 4) is 0 Å². The van der Waals surface area contributed by atoms with Gasteiger partial charge in [-0.05, 0) is 48.1 Å². The van der Waals surface area contributed by atoms with Gasteiger partial charge in [-0.2, -0.15) is 13.2 Å². The maximum absolute atomic E-state index is 15.3. The summed E-state index contributed by atoms with van der Waals surface area (Å²) in [7, 11) is -3.56. The summed E-state index contributed by atoms with van der Waals surface area (Å²) in [6.45, 7) is 0.403. The highest BCUT2D eigenvalue weighted by Crippen LogP contribution is 2.35. The Balaban J connectivity index is 1.34. The van der Waals surface area contributed by atoms with Gasteiger partial charge < -0.3 is 9.88 Å². The predicted octanol–water partition coefficient (Wildman–Crippen LogP) is 4.02.